The molecule has 4 aromatic rings. The van der Waals surface area contributed by atoms with Gasteiger partial charge in [-0.05, 0) is 47.9 Å². The van der Waals surface area contributed by atoms with Gasteiger partial charge in [0.05, 0.1) is 34.3 Å². The molecule has 7 nitrogen and oxygen atoms in total. The van der Waals surface area contributed by atoms with Gasteiger partial charge in [-0.25, -0.2) is 23.4 Å². The Kier molecular flexibility index (Phi) is 3.84. The summed E-state index contributed by atoms with van der Waals surface area (Å²) in [5.74, 6) is -0.566. The summed E-state index contributed by atoms with van der Waals surface area (Å²) in [4.78, 5) is 13.3. The minimum atomic E-state index is -0.650. The Bertz CT molecular complexity index is 1330. The lowest BCUT2D eigenvalue weighted by Gasteiger charge is -2.37. The van der Waals surface area contributed by atoms with E-state index in [9.17, 15) is 8.78 Å². The molecule has 2 bridgehead atoms. The number of rotatable bonds is 3. The molecule has 9 heteroatoms. The maximum atomic E-state index is 14.4. The van der Waals surface area contributed by atoms with Crippen LogP contribution in [0.4, 0.5) is 8.78 Å². The SMILES string of the molecule is CC1(C)[C@H]2CC[C@]1(c1cncc(-n3cncn3)n1)c1nnc(-c3c(F)cccc3F)cc12. The average Bonchev–Trinajstić information content (AvgIpc) is 3.45. The smallest absolute Gasteiger partial charge is 0.173 e. The van der Waals surface area contributed by atoms with Crippen LogP contribution in [0.5, 0.6) is 0 Å². The van der Waals surface area contributed by atoms with Crippen molar-refractivity contribution in [3.05, 3.63) is 77.9 Å². The Morgan fingerprint density at radius 2 is 1.88 bits per heavy atom. The summed E-state index contributed by atoms with van der Waals surface area (Å²) in [5.41, 5.74) is 1.90. The number of aromatic nitrogens is 7. The van der Waals surface area contributed by atoms with Gasteiger partial charge < -0.3 is 0 Å². The largest absolute Gasteiger partial charge is 0.259 e. The van der Waals surface area contributed by atoms with Crippen LogP contribution < -0.4 is 0 Å². The summed E-state index contributed by atoms with van der Waals surface area (Å²) in [5, 5.41) is 13.0. The lowest BCUT2D eigenvalue weighted by molar-refractivity contribution is 0.242. The molecule has 160 valence electrons. The van der Waals surface area contributed by atoms with Crippen LogP contribution in [0.3, 0.4) is 0 Å². The Hall–Kier alpha value is -3.62. The maximum absolute atomic E-state index is 14.4. The number of fused-ring (bicyclic) bond motifs is 5. The predicted molar refractivity (Wildman–Crippen MR) is 111 cm³/mol. The molecule has 32 heavy (non-hydrogen) atoms. The van der Waals surface area contributed by atoms with Crippen LogP contribution in [-0.2, 0) is 5.41 Å². The molecule has 2 aliphatic carbocycles. The summed E-state index contributed by atoms with van der Waals surface area (Å²) in [6, 6.07) is 5.61. The molecule has 3 heterocycles. The Labute approximate surface area is 182 Å². The van der Waals surface area contributed by atoms with Crippen LogP contribution in [0, 0.1) is 17.0 Å². The van der Waals surface area contributed by atoms with Gasteiger partial charge in [0.25, 0.3) is 0 Å². The lowest BCUT2D eigenvalue weighted by atomic mass is 9.66. The third-order valence-corrected chi connectivity index (χ3v) is 7.31. The van der Waals surface area contributed by atoms with E-state index in [1.807, 2.05) is 0 Å². The molecule has 0 radical (unpaired) electrons. The first kappa shape index (κ1) is 19.1. The van der Waals surface area contributed by atoms with Crippen LogP contribution in [0.15, 0.2) is 49.3 Å². The normalized spacial score (nSPS) is 22.8. The molecular formula is C23H19F2N7. The molecule has 2 aliphatic rings. The zero-order chi connectivity index (χ0) is 22.1. The highest BCUT2D eigenvalue weighted by molar-refractivity contribution is 5.64. The van der Waals surface area contributed by atoms with Crippen molar-refractivity contribution in [2.75, 3.05) is 0 Å². The number of halogens is 2. The van der Waals surface area contributed by atoms with Crippen molar-refractivity contribution in [1.82, 2.24) is 34.9 Å². The summed E-state index contributed by atoms with van der Waals surface area (Å²) in [6.07, 6.45) is 8.19. The molecule has 0 aliphatic heterocycles. The molecule has 0 saturated heterocycles. The van der Waals surface area contributed by atoms with Crippen LogP contribution in [-0.4, -0.2) is 34.9 Å². The highest BCUT2D eigenvalue weighted by Gasteiger charge is 2.65. The number of benzene rings is 1. The first-order chi connectivity index (χ1) is 15.4. The first-order valence-corrected chi connectivity index (χ1v) is 10.4. The molecular weight excluding hydrogens is 412 g/mol. The molecule has 0 amide bonds. The highest BCUT2D eigenvalue weighted by Crippen LogP contribution is 2.69. The highest BCUT2D eigenvalue weighted by atomic mass is 19.1. The third kappa shape index (κ3) is 2.33. The van der Waals surface area contributed by atoms with Crippen molar-refractivity contribution in [2.45, 2.75) is 38.0 Å². The quantitative estimate of drug-likeness (QED) is 0.488. The molecule has 6 rings (SSSR count). The molecule has 2 atom stereocenters. The molecule has 1 fully saturated rings. The van der Waals surface area contributed by atoms with Gasteiger partial charge >= 0.3 is 0 Å². The minimum absolute atomic E-state index is 0.148. The van der Waals surface area contributed by atoms with Gasteiger partial charge in [-0.2, -0.15) is 10.2 Å². The fourth-order valence-corrected chi connectivity index (χ4v) is 5.75. The molecule has 3 aromatic heterocycles. The Morgan fingerprint density at radius 1 is 1.06 bits per heavy atom. The Balaban J connectivity index is 1.54. The molecule has 1 saturated carbocycles. The van der Waals surface area contributed by atoms with Gasteiger partial charge in [-0.3, -0.25) is 4.98 Å². The average molecular weight is 431 g/mol. The number of hydrogen-bond donors (Lipinski definition) is 0. The van der Waals surface area contributed by atoms with Gasteiger partial charge in [-0.15, -0.1) is 5.10 Å². The van der Waals surface area contributed by atoms with Crippen LogP contribution in [0.1, 0.15) is 49.6 Å². The standard InChI is InChI=1S/C23H19F2N7/c1-22(2)14-6-7-23(22,18-9-26-10-19(29-18)32-12-27-11-28-32)21-13(14)8-17(30-31-21)20-15(24)4-3-5-16(20)25/h3-5,8-12,14H,6-7H2,1-2H3/t14-,23-/m0/s1. The van der Waals surface area contributed by atoms with E-state index in [2.05, 4.69) is 39.1 Å². The molecule has 0 unspecified atom stereocenters. The van der Waals surface area contributed by atoms with Crippen molar-refractivity contribution in [3.63, 3.8) is 0 Å². The number of nitrogens with zero attached hydrogens (tertiary/aromatic N) is 7. The molecule has 0 N–H and O–H groups in total. The zero-order valence-electron chi connectivity index (χ0n) is 17.5. The van der Waals surface area contributed by atoms with E-state index >= 15 is 0 Å². The van der Waals surface area contributed by atoms with Crippen LogP contribution >= 0.6 is 0 Å². The van der Waals surface area contributed by atoms with Crippen LogP contribution in [0.25, 0.3) is 17.1 Å². The second-order valence-electron chi connectivity index (χ2n) is 8.95. The second-order valence-corrected chi connectivity index (χ2v) is 8.95. The maximum Gasteiger partial charge on any atom is 0.173 e. The Morgan fingerprint density at radius 3 is 2.62 bits per heavy atom. The topological polar surface area (TPSA) is 82.3 Å². The van der Waals surface area contributed by atoms with Gasteiger partial charge in [-0.1, -0.05) is 19.9 Å². The van der Waals surface area contributed by atoms with E-state index in [4.69, 9.17) is 4.98 Å². The van der Waals surface area contributed by atoms with Gasteiger partial charge in [0.1, 0.15) is 24.3 Å². The number of hydrogen-bond acceptors (Lipinski definition) is 6. The summed E-state index contributed by atoms with van der Waals surface area (Å²) in [7, 11) is 0. The fraction of sp³-hybridized carbons (Fsp3) is 0.304. The fourth-order valence-electron chi connectivity index (χ4n) is 5.75. The van der Waals surface area contributed by atoms with E-state index in [1.165, 1.54) is 24.5 Å². The second kappa shape index (κ2) is 6.44. The van der Waals surface area contributed by atoms with Gasteiger partial charge in [0, 0.05) is 6.20 Å². The van der Waals surface area contributed by atoms with Gasteiger partial charge in [0.2, 0.25) is 0 Å². The van der Waals surface area contributed by atoms with Crippen LogP contribution in [0.2, 0.25) is 0 Å². The molecule has 0 spiro atoms. The zero-order valence-corrected chi connectivity index (χ0v) is 17.5. The summed E-state index contributed by atoms with van der Waals surface area (Å²) < 4.78 is 30.4. The van der Waals surface area contributed by atoms with E-state index < -0.39 is 17.0 Å². The van der Waals surface area contributed by atoms with E-state index in [-0.39, 0.29) is 22.6 Å². The van der Waals surface area contributed by atoms with E-state index in [0.29, 0.717) is 5.82 Å². The van der Waals surface area contributed by atoms with Crippen molar-refractivity contribution in [3.8, 4) is 17.1 Å². The first-order valence-electron chi connectivity index (χ1n) is 10.4. The van der Waals surface area contributed by atoms with Crippen molar-refractivity contribution >= 4 is 0 Å². The monoisotopic (exact) mass is 431 g/mol. The predicted octanol–water partition coefficient (Wildman–Crippen LogP) is 4.00. The van der Waals surface area contributed by atoms with Crippen molar-refractivity contribution < 1.29 is 8.78 Å². The van der Waals surface area contributed by atoms with Gasteiger partial charge in [0.15, 0.2) is 5.82 Å². The van der Waals surface area contributed by atoms with E-state index in [0.717, 1.165) is 29.8 Å². The minimum Gasteiger partial charge on any atom is -0.259 e. The lowest BCUT2D eigenvalue weighted by Crippen LogP contribution is -2.38. The summed E-state index contributed by atoms with van der Waals surface area (Å²) >= 11 is 0. The van der Waals surface area contributed by atoms with Crippen molar-refractivity contribution in [2.24, 2.45) is 5.41 Å². The summed E-state index contributed by atoms with van der Waals surface area (Å²) in [6.45, 7) is 4.39. The van der Waals surface area contributed by atoms with Crippen molar-refractivity contribution in [1.29, 1.82) is 0 Å². The third-order valence-electron chi connectivity index (χ3n) is 7.31. The molecule has 1 aromatic carbocycles. The van der Waals surface area contributed by atoms with E-state index in [1.54, 1.807) is 29.5 Å².